The van der Waals surface area contributed by atoms with Gasteiger partial charge in [-0.2, -0.15) is 13.2 Å². The summed E-state index contributed by atoms with van der Waals surface area (Å²) in [5.74, 6) is -1.55. The predicted molar refractivity (Wildman–Crippen MR) is 170 cm³/mol. The van der Waals surface area contributed by atoms with E-state index in [-0.39, 0.29) is 15.8 Å². The molecule has 0 bridgehead atoms. The minimum Gasteiger partial charge on any atom is -0.304 e. The fourth-order valence-corrected chi connectivity index (χ4v) is 2.25. The van der Waals surface area contributed by atoms with Gasteiger partial charge in [0.2, 0.25) is 0 Å². The number of hydrogen-bond donors (Lipinski definition) is 0. The summed E-state index contributed by atoms with van der Waals surface area (Å²) in [7, 11) is 0. The lowest BCUT2D eigenvalue weighted by Gasteiger charge is -2.21. The lowest BCUT2D eigenvalue weighted by molar-refractivity contribution is -0.141. The fourth-order valence-electron chi connectivity index (χ4n) is 2.25. The van der Waals surface area contributed by atoms with Gasteiger partial charge in [-0.1, -0.05) is 180 Å². The zero-order chi connectivity index (χ0) is 31.3. The van der Waals surface area contributed by atoms with Crippen LogP contribution in [0.3, 0.4) is 0 Å². The minimum absolute atomic E-state index is 0. The molecule has 39 heavy (non-hydrogen) atoms. The average Bonchev–Trinajstić information content (AvgIpc) is 3.01. The summed E-state index contributed by atoms with van der Waals surface area (Å²) in [6.07, 6.45) is -3.53. The van der Waals surface area contributed by atoms with Crippen LogP contribution in [0.2, 0.25) is 0 Å². The molecule has 0 aliphatic carbocycles. The van der Waals surface area contributed by atoms with E-state index in [0.29, 0.717) is 0 Å². The lowest BCUT2D eigenvalue weighted by Crippen LogP contribution is -2.21. The number of aldehydes is 1. The van der Waals surface area contributed by atoms with Crippen molar-refractivity contribution in [3.8, 4) is 0 Å². The van der Waals surface area contributed by atoms with Gasteiger partial charge in [0, 0.05) is 0 Å². The third-order valence-corrected chi connectivity index (χ3v) is 3.26. The Hall–Kier alpha value is -2.95. The SMILES string of the molecule is CC.CC.CC.CC.CC.CC.CC=O.F.FC(F)(F)C(c1ccccc1)c1ccccc1.c1ccccc1. The molecule has 0 aliphatic heterocycles. The number of carbonyl (C=O) groups excluding carboxylic acids is 1. The highest BCUT2D eigenvalue weighted by Crippen LogP contribution is 2.39. The summed E-state index contributed by atoms with van der Waals surface area (Å²) in [6, 6.07) is 27.9. The molecule has 0 saturated carbocycles. The molecule has 0 radical (unpaired) electrons. The maximum Gasteiger partial charge on any atom is 0.399 e. The van der Waals surface area contributed by atoms with E-state index in [4.69, 9.17) is 4.79 Å². The maximum absolute atomic E-state index is 13.1. The van der Waals surface area contributed by atoms with E-state index >= 15 is 0 Å². The number of rotatable bonds is 2. The number of carbonyl (C=O) groups is 1. The van der Waals surface area contributed by atoms with Crippen molar-refractivity contribution in [1.29, 1.82) is 0 Å². The van der Waals surface area contributed by atoms with Crippen LogP contribution in [0.15, 0.2) is 97.1 Å². The Bertz CT molecular complexity index is 650. The van der Waals surface area contributed by atoms with E-state index < -0.39 is 12.1 Å². The Kier molecular flexibility index (Phi) is 64.8. The van der Waals surface area contributed by atoms with Crippen LogP contribution in [0, 0.1) is 0 Å². The van der Waals surface area contributed by atoms with Crippen molar-refractivity contribution in [2.24, 2.45) is 0 Å². The highest BCUT2D eigenvalue weighted by atomic mass is 19.4. The van der Waals surface area contributed by atoms with Crippen molar-refractivity contribution < 1.29 is 22.7 Å². The maximum atomic E-state index is 13.1. The van der Waals surface area contributed by atoms with E-state index in [1.54, 1.807) is 36.4 Å². The summed E-state index contributed by atoms with van der Waals surface area (Å²) in [4.78, 5) is 8.81. The van der Waals surface area contributed by atoms with Crippen molar-refractivity contribution in [3.05, 3.63) is 108 Å². The topological polar surface area (TPSA) is 17.1 Å². The third-order valence-electron chi connectivity index (χ3n) is 3.26. The quantitative estimate of drug-likeness (QED) is 0.226. The van der Waals surface area contributed by atoms with Crippen molar-refractivity contribution in [2.75, 3.05) is 0 Å². The Morgan fingerprint density at radius 2 is 0.641 bits per heavy atom. The van der Waals surface area contributed by atoms with Gasteiger partial charge >= 0.3 is 6.18 Å². The highest BCUT2D eigenvalue weighted by molar-refractivity contribution is 5.44. The first-order valence-electron chi connectivity index (χ1n) is 14.1. The average molecular weight is 559 g/mol. The third kappa shape index (κ3) is 35.1. The van der Waals surface area contributed by atoms with Crippen LogP contribution in [-0.4, -0.2) is 12.5 Å². The summed E-state index contributed by atoms with van der Waals surface area (Å²) >= 11 is 0. The normalized spacial score (nSPS) is 7.62. The van der Waals surface area contributed by atoms with Gasteiger partial charge < -0.3 is 4.79 Å². The van der Waals surface area contributed by atoms with Crippen LogP contribution in [-0.2, 0) is 4.79 Å². The molecule has 0 unspecified atom stereocenters. The second-order valence-corrected chi connectivity index (χ2v) is 5.19. The van der Waals surface area contributed by atoms with Crippen molar-refractivity contribution in [2.45, 2.75) is 102 Å². The first kappa shape index (κ1) is 52.5. The summed E-state index contributed by atoms with van der Waals surface area (Å²) in [6.45, 7) is 25.4. The molecule has 0 heterocycles. The van der Waals surface area contributed by atoms with E-state index in [1.807, 2.05) is 119 Å². The zero-order valence-electron chi connectivity index (χ0n) is 26.8. The Balaban J connectivity index is -0.0000000779. The summed E-state index contributed by atoms with van der Waals surface area (Å²) in [5.41, 5.74) is 0.539. The second-order valence-electron chi connectivity index (χ2n) is 5.19. The van der Waals surface area contributed by atoms with Gasteiger partial charge in [-0.3, -0.25) is 4.70 Å². The van der Waals surface area contributed by atoms with Gasteiger partial charge in [-0.25, -0.2) is 0 Å². The van der Waals surface area contributed by atoms with Gasteiger partial charge in [-0.05, 0) is 18.1 Å². The zero-order valence-corrected chi connectivity index (χ0v) is 26.8. The van der Waals surface area contributed by atoms with Crippen LogP contribution in [0.1, 0.15) is 107 Å². The number of hydrogen-bond acceptors (Lipinski definition) is 1. The van der Waals surface area contributed by atoms with Crippen LogP contribution >= 0.6 is 0 Å². The molecule has 0 aromatic heterocycles. The number of alkyl halides is 3. The lowest BCUT2D eigenvalue weighted by atomic mass is 9.91. The second kappa shape index (κ2) is 48.2. The molecule has 0 N–H and O–H groups in total. The van der Waals surface area contributed by atoms with Crippen molar-refractivity contribution in [3.63, 3.8) is 0 Å². The van der Waals surface area contributed by atoms with Crippen LogP contribution in [0.4, 0.5) is 17.9 Å². The molecule has 1 nitrogen and oxygen atoms in total. The van der Waals surface area contributed by atoms with Crippen LogP contribution in [0.25, 0.3) is 0 Å². The molecule has 0 amide bonds. The van der Waals surface area contributed by atoms with Gasteiger partial charge in [0.15, 0.2) is 0 Å². The molecule has 228 valence electrons. The number of halogens is 4. The Labute approximate surface area is 239 Å². The van der Waals surface area contributed by atoms with Gasteiger partial charge in [0.1, 0.15) is 12.2 Å². The molecule has 3 aromatic carbocycles. The Morgan fingerprint density at radius 1 is 0.487 bits per heavy atom. The highest BCUT2D eigenvalue weighted by Gasteiger charge is 2.41. The van der Waals surface area contributed by atoms with Crippen molar-refractivity contribution >= 4 is 6.29 Å². The van der Waals surface area contributed by atoms with Gasteiger partial charge in [0.05, 0.1) is 0 Å². The summed E-state index contributed by atoms with van der Waals surface area (Å²) in [5, 5.41) is 0. The summed E-state index contributed by atoms with van der Waals surface area (Å²) < 4.78 is 39.3. The van der Waals surface area contributed by atoms with E-state index in [9.17, 15) is 13.2 Å². The van der Waals surface area contributed by atoms with E-state index in [0.717, 1.165) is 6.29 Å². The minimum atomic E-state index is -4.28. The first-order chi connectivity index (χ1) is 18.5. The smallest absolute Gasteiger partial charge is 0.304 e. The fraction of sp³-hybridized carbons (Fsp3) is 0.441. The molecule has 0 spiro atoms. The van der Waals surface area contributed by atoms with E-state index in [2.05, 4.69) is 0 Å². The molecule has 0 fully saturated rings. The molecule has 0 saturated heterocycles. The molecule has 3 rings (SSSR count). The largest absolute Gasteiger partial charge is 0.399 e. The van der Waals surface area contributed by atoms with Crippen LogP contribution in [0.5, 0.6) is 0 Å². The van der Waals surface area contributed by atoms with E-state index in [1.165, 1.54) is 31.2 Å². The molecule has 0 atom stereocenters. The molecule has 3 aromatic rings. The molecular formula is C34H58F4O. The standard InChI is InChI=1S/C14H11F3.C6H6.C2H4O.6C2H6.FH/c15-14(16,17)13(11-7-3-1-4-8-11)12-9-5-2-6-10-12;1-2-4-6-5-3-1;1-2-3;6*1-2;/h1-10,13H;1-6H;2H,1H3;6*1-2H3;1H. The predicted octanol–water partition coefficient (Wildman–Crippen LogP) is 12.6. The monoisotopic (exact) mass is 558 g/mol. The van der Waals surface area contributed by atoms with Gasteiger partial charge in [-0.15, -0.1) is 0 Å². The first-order valence-corrected chi connectivity index (χ1v) is 14.1. The molecular weight excluding hydrogens is 500 g/mol. The Morgan fingerprint density at radius 3 is 0.795 bits per heavy atom. The van der Waals surface area contributed by atoms with Gasteiger partial charge in [0.25, 0.3) is 0 Å². The molecule has 0 aliphatic rings. The molecule has 5 heteroatoms. The van der Waals surface area contributed by atoms with Crippen LogP contribution < -0.4 is 0 Å². The number of benzene rings is 3. The van der Waals surface area contributed by atoms with Crippen molar-refractivity contribution in [1.82, 2.24) is 0 Å².